The molecule has 1 heteroatoms. The molecule has 1 aromatic rings. The van der Waals surface area contributed by atoms with Crippen LogP contribution in [0.1, 0.15) is 83.4 Å². The molecule has 0 aliphatic carbocycles. The summed E-state index contributed by atoms with van der Waals surface area (Å²) in [5.74, 6) is 0. The molecule has 1 aromatic carbocycles. The van der Waals surface area contributed by atoms with Crippen molar-refractivity contribution in [3.8, 4) is 0 Å². The van der Waals surface area contributed by atoms with Crippen LogP contribution in [0.5, 0.6) is 0 Å². The van der Waals surface area contributed by atoms with Crippen LogP contribution >= 0.6 is 22.6 Å². The number of hydrogen-bond donors (Lipinski definition) is 0. The first-order valence-corrected chi connectivity index (χ1v) is 9.98. The summed E-state index contributed by atoms with van der Waals surface area (Å²) in [6, 6.07) is 7.15. The van der Waals surface area contributed by atoms with Gasteiger partial charge in [-0.15, -0.1) is 0 Å². The summed E-state index contributed by atoms with van der Waals surface area (Å²) in [5, 5.41) is 0. The summed E-state index contributed by atoms with van der Waals surface area (Å²) >= 11 is 2.56. The van der Waals surface area contributed by atoms with Crippen molar-refractivity contribution >= 4 is 22.6 Å². The minimum atomic E-state index is 0.429. The van der Waals surface area contributed by atoms with Gasteiger partial charge in [0.1, 0.15) is 0 Å². The molecule has 0 N–H and O–H groups in total. The third-order valence-corrected chi connectivity index (χ3v) is 5.44. The van der Waals surface area contributed by atoms with Crippen molar-refractivity contribution in [1.82, 2.24) is 0 Å². The molecule has 0 saturated carbocycles. The summed E-state index contributed by atoms with van der Waals surface area (Å²) in [6.07, 6.45) is 8.95. The van der Waals surface area contributed by atoms with E-state index in [1.54, 1.807) is 5.56 Å². The van der Waals surface area contributed by atoms with Gasteiger partial charge in [-0.05, 0) is 67.6 Å². The van der Waals surface area contributed by atoms with Crippen molar-refractivity contribution < 1.29 is 0 Å². The van der Waals surface area contributed by atoms with Crippen LogP contribution in [0.3, 0.4) is 0 Å². The number of aryl methyl sites for hydroxylation is 3. The lowest BCUT2D eigenvalue weighted by Gasteiger charge is -2.22. The highest BCUT2D eigenvalue weighted by Gasteiger charge is 2.14. The minimum absolute atomic E-state index is 0.429. The molecule has 0 aliphatic heterocycles. The fourth-order valence-corrected chi connectivity index (χ4v) is 3.22. The quantitative estimate of drug-likeness (QED) is 0.294. The highest BCUT2D eigenvalue weighted by Crippen LogP contribution is 2.28. The number of benzene rings is 1. The van der Waals surface area contributed by atoms with Crippen molar-refractivity contribution in [2.75, 3.05) is 0 Å². The first-order valence-electron chi connectivity index (χ1n) is 8.90. The molecule has 22 heavy (non-hydrogen) atoms. The van der Waals surface area contributed by atoms with Crippen molar-refractivity contribution in [1.29, 1.82) is 0 Å². The third-order valence-electron chi connectivity index (χ3n) is 4.90. The second-order valence-corrected chi connectivity index (χ2v) is 11.1. The summed E-state index contributed by atoms with van der Waals surface area (Å²) in [4.78, 5) is 0. The maximum absolute atomic E-state index is 2.56. The minimum Gasteiger partial charge on any atom is -0.0795 e. The summed E-state index contributed by atoms with van der Waals surface area (Å²) in [7, 11) is 0. The first-order chi connectivity index (χ1) is 10.1. The Balaban J connectivity index is 2.48. The molecular weight excluding hydrogens is 379 g/mol. The first kappa shape index (κ1) is 20.0. The molecule has 0 radical (unpaired) electrons. The Morgan fingerprint density at radius 1 is 0.955 bits per heavy atom. The van der Waals surface area contributed by atoms with Crippen molar-refractivity contribution in [3.05, 3.63) is 34.9 Å². The van der Waals surface area contributed by atoms with Crippen molar-refractivity contribution in [2.24, 2.45) is 5.41 Å². The Bertz CT molecular complexity index is 451. The normalized spacial score (nSPS) is 12.7. The zero-order chi connectivity index (χ0) is 16.8. The van der Waals surface area contributed by atoms with Crippen LogP contribution < -0.4 is 0 Å². The fraction of sp³-hybridized carbons (Fsp3) is 0.714. The van der Waals surface area contributed by atoms with E-state index in [1.807, 2.05) is 0 Å². The van der Waals surface area contributed by atoms with Crippen LogP contribution in [0, 0.1) is 12.3 Å². The summed E-state index contributed by atoms with van der Waals surface area (Å²) in [5.41, 5.74) is 5.04. The molecule has 0 amide bonds. The lowest BCUT2D eigenvalue weighted by Crippen LogP contribution is -2.10. The topological polar surface area (TPSA) is 0 Å². The van der Waals surface area contributed by atoms with E-state index in [0.717, 1.165) is 0 Å². The number of rotatable bonds is 9. The molecule has 0 aliphatic rings. The van der Waals surface area contributed by atoms with Crippen LogP contribution in [-0.4, -0.2) is 3.42 Å². The molecule has 0 atom stereocenters. The zero-order valence-electron chi connectivity index (χ0n) is 15.6. The average molecular weight is 414 g/mol. The fourth-order valence-electron chi connectivity index (χ4n) is 2.84. The van der Waals surface area contributed by atoms with Gasteiger partial charge in [-0.1, -0.05) is 81.8 Å². The molecule has 0 nitrogen and oxygen atoms in total. The summed E-state index contributed by atoms with van der Waals surface area (Å²) in [6.45, 7) is 14.0. The predicted molar refractivity (Wildman–Crippen MR) is 109 cm³/mol. The van der Waals surface area contributed by atoms with Gasteiger partial charge in [0.05, 0.1) is 0 Å². The number of hydrogen-bond acceptors (Lipinski definition) is 0. The van der Waals surface area contributed by atoms with E-state index in [0.29, 0.717) is 8.84 Å². The van der Waals surface area contributed by atoms with E-state index in [1.165, 1.54) is 56.1 Å². The van der Waals surface area contributed by atoms with E-state index in [-0.39, 0.29) is 0 Å². The lowest BCUT2D eigenvalue weighted by molar-refractivity contribution is 0.313. The molecule has 0 aromatic heterocycles. The predicted octanol–water partition coefficient (Wildman–Crippen LogP) is 7.29. The molecular formula is C21H35I. The van der Waals surface area contributed by atoms with Gasteiger partial charge in [-0.25, -0.2) is 0 Å². The molecule has 0 unspecified atom stereocenters. The van der Waals surface area contributed by atoms with Crippen molar-refractivity contribution in [3.63, 3.8) is 0 Å². The Morgan fingerprint density at radius 2 is 1.59 bits per heavy atom. The molecule has 0 spiro atoms. The maximum atomic E-state index is 2.56. The second-order valence-electron chi connectivity index (χ2n) is 8.20. The van der Waals surface area contributed by atoms with Gasteiger partial charge >= 0.3 is 0 Å². The molecule has 0 saturated heterocycles. The molecule has 1 rings (SSSR count). The van der Waals surface area contributed by atoms with Gasteiger partial charge in [-0.2, -0.15) is 0 Å². The Hall–Kier alpha value is -0.0500. The second kappa shape index (κ2) is 8.70. The average Bonchev–Trinajstić information content (AvgIpc) is 2.39. The maximum Gasteiger partial charge on any atom is 0.0166 e. The van der Waals surface area contributed by atoms with Gasteiger partial charge < -0.3 is 0 Å². The molecule has 0 heterocycles. The third kappa shape index (κ3) is 7.99. The lowest BCUT2D eigenvalue weighted by atomic mass is 9.84. The Morgan fingerprint density at radius 3 is 2.14 bits per heavy atom. The van der Waals surface area contributed by atoms with Crippen LogP contribution in [0.2, 0.25) is 0 Å². The van der Waals surface area contributed by atoms with E-state index >= 15 is 0 Å². The Kier molecular flexibility index (Phi) is 7.91. The van der Waals surface area contributed by atoms with Crippen LogP contribution in [0.4, 0.5) is 0 Å². The zero-order valence-corrected chi connectivity index (χ0v) is 17.7. The van der Waals surface area contributed by atoms with Gasteiger partial charge in [0, 0.05) is 3.42 Å². The standard InChI is InChI=1S/C21H35I/c1-7-20(3,4)14-9-11-19-13-12-18(16-17(19)2)10-8-15-21(5,6)22/h12-13,16H,7-11,14-15H2,1-6H3. The van der Waals surface area contributed by atoms with E-state index < -0.39 is 0 Å². The van der Waals surface area contributed by atoms with E-state index in [2.05, 4.69) is 82.3 Å². The van der Waals surface area contributed by atoms with Gasteiger partial charge in [0.25, 0.3) is 0 Å². The largest absolute Gasteiger partial charge is 0.0795 e. The smallest absolute Gasteiger partial charge is 0.0166 e. The highest BCUT2D eigenvalue weighted by atomic mass is 127. The van der Waals surface area contributed by atoms with Crippen LogP contribution in [-0.2, 0) is 12.8 Å². The van der Waals surface area contributed by atoms with Crippen LogP contribution in [0.25, 0.3) is 0 Å². The van der Waals surface area contributed by atoms with E-state index in [4.69, 9.17) is 0 Å². The van der Waals surface area contributed by atoms with Crippen LogP contribution in [0.15, 0.2) is 18.2 Å². The Labute approximate surface area is 152 Å². The molecule has 126 valence electrons. The highest BCUT2D eigenvalue weighted by molar-refractivity contribution is 14.1. The van der Waals surface area contributed by atoms with Crippen molar-refractivity contribution in [2.45, 2.75) is 89.9 Å². The number of alkyl halides is 1. The number of halogens is 1. The van der Waals surface area contributed by atoms with E-state index in [9.17, 15) is 0 Å². The van der Waals surface area contributed by atoms with Gasteiger partial charge in [0.2, 0.25) is 0 Å². The molecule has 0 bridgehead atoms. The van der Waals surface area contributed by atoms with Gasteiger partial charge in [-0.3, -0.25) is 0 Å². The summed E-state index contributed by atoms with van der Waals surface area (Å²) < 4.78 is 0.429. The monoisotopic (exact) mass is 414 g/mol. The molecule has 0 fully saturated rings. The van der Waals surface area contributed by atoms with Gasteiger partial charge in [0.15, 0.2) is 0 Å². The SMILES string of the molecule is CCC(C)(C)CCCc1ccc(CCCC(C)(C)I)cc1C.